The van der Waals surface area contributed by atoms with E-state index < -0.39 is 23.8 Å². The molecule has 4 N–H and O–H groups in total. The summed E-state index contributed by atoms with van der Waals surface area (Å²) >= 11 is 0. The van der Waals surface area contributed by atoms with E-state index in [2.05, 4.69) is 4.99 Å². The van der Waals surface area contributed by atoms with Crippen LogP contribution in [0.3, 0.4) is 0 Å². The van der Waals surface area contributed by atoms with Gasteiger partial charge in [0.2, 0.25) is 11.8 Å². The molecule has 1 heterocycles. The Morgan fingerprint density at radius 3 is 2.33 bits per heavy atom. The lowest BCUT2D eigenvalue weighted by molar-refractivity contribution is -0.126. The van der Waals surface area contributed by atoms with Crippen molar-refractivity contribution in [1.82, 2.24) is 0 Å². The molecule has 5 heteroatoms. The smallest absolute Gasteiger partial charge is 0.243 e. The molecule has 12 heavy (non-hydrogen) atoms. The van der Waals surface area contributed by atoms with Gasteiger partial charge in [0.25, 0.3) is 0 Å². The second-order valence-corrected chi connectivity index (χ2v) is 2.46. The first-order chi connectivity index (χ1) is 5.63. The van der Waals surface area contributed by atoms with Crippen molar-refractivity contribution < 1.29 is 9.59 Å². The predicted octanol–water partition coefficient (Wildman–Crippen LogP) is -1.42. The third kappa shape index (κ3) is 1.50. The van der Waals surface area contributed by atoms with E-state index in [4.69, 9.17) is 11.5 Å². The summed E-state index contributed by atoms with van der Waals surface area (Å²) in [4.78, 5) is 25.2. The lowest BCUT2D eigenvalue weighted by Gasteiger charge is -2.16. The average Bonchev–Trinajstić information content (AvgIpc) is 2.04. The molecule has 2 amide bonds. The van der Waals surface area contributed by atoms with Crippen molar-refractivity contribution in [3.63, 3.8) is 0 Å². The Morgan fingerprint density at radius 1 is 1.25 bits per heavy atom. The molecular weight excluding hydrogens is 158 g/mol. The SMILES string of the molecule is NC(=O)C1C=CC=NC1C(N)=O. The highest BCUT2D eigenvalue weighted by Crippen LogP contribution is 2.11. The summed E-state index contributed by atoms with van der Waals surface area (Å²) < 4.78 is 0. The summed E-state index contributed by atoms with van der Waals surface area (Å²) in [6, 6.07) is -0.840. The number of allylic oxidation sites excluding steroid dienone is 1. The summed E-state index contributed by atoms with van der Waals surface area (Å²) in [5.74, 6) is -1.93. The minimum absolute atomic E-state index is 0.591. The van der Waals surface area contributed by atoms with Gasteiger partial charge in [-0.3, -0.25) is 14.6 Å². The second kappa shape index (κ2) is 3.17. The number of dihydropyridines is 1. The first-order valence-electron chi connectivity index (χ1n) is 3.41. The fourth-order valence-electron chi connectivity index (χ4n) is 1.01. The van der Waals surface area contributed by atoms with Crippen molar-refractivity contribution in [3.8, 4) is 0 Å². The monoisotopic (exact) mass is 167 g/mol. The van der Waals surface area contributed by atoms with E-state index in [9.17, 15) is 9.59 Å². The second-order valence-electron chi connectivity index (χ2n) is 2.46. The van der Waals surface area contributed by atoms with Gasteiger partial charge >= 0.3 is 0 Å². The predicted molar refractivity (Wildman–Crippen MR) is 43.3 cm³/mol. The van der Waals surface area contributed by atoms with Crippen LogP contribution in [0.25, 0.3) is 0 Å². The van der Waals surface area contributed by atoms with Crippen LogP contribution in [0, 0.1) is 5.92 Å². The molecule has 0 aromatic rings. The van der Waals surface area contributed by atoms with Crippen molar-refractivity contribution in [2.75, 3.05) is 0 Å². The molecule has 0 aromatic heterocycles. The van der Waals surface area contributed by atoms with E-state index in [0.29, 0.717) is 0 Å². The molecule has 2 unspecified atom stereocenters. The molecule has 0 bridgehead atoms. The highest BCUT2D eigenvalue weighted by atomic mass is 16.2. The molecule has 0 spiro atoms. The first-order valence-corrected chi connectivity index (χ1v) is 3.41. The number of nitrogens with zero attached hydrogens (tertiary/aromatic N) is 1. The Hall–Kier alpha value is -1.65. The lowest BCUT2D eigenvalue weighted by atomic mass is 9.97. The Kier molecular flexibility index (Phi) is 2.23. The van der Waals surface area contributed by atoms with Crippen molar-refractivity contribution in [2.24, 2.45) is 22.4 Å². The van der Waals surface area contributed by atoms with Gasteiger partial charge in [0.1, 0.15) is 6.04 Å². The highest BCUT2D eigenvalue weighted by molar-refractivity contribution is 5.93. The van der Waals surface area contributed by atoms with Gasteiger partial charge in [-0.25, -0.2) is 0 Å². The van der Waals surface area contributed by atoms with Crippen LogP contribution in [0.4, 0.5) is 0 Å². The first kappa shape index (κ1) is 8.45. The van der Waals surface area contributed by atoms with Gasteiger partial charge < -0.3 is 11.5 Å². The van der Waals surface area contributed by atoms with Crippen molar-refractivity contribution in [2.45, 2.75) is 6.04 Å². The average molecular weight is 167 g/mol. The van der Waals surface area contributed by atoms with Crippen molar-refractivity contribution in [1.29, 1.82) is 0 Å². The van der Waals surface area contributed by atoms with Crippen molar-refractivity contribution in [3.05, 3.63) is 12.2 Å². The number of hydrogen-bond acceptors (Lipinski definition) is 3. The largest absolute Gasteiger partial charge is 0.369 e. The Labute approximate surface area is 69.1 Å². The normalized spacial score (nSPS) is 27.0. The molecule has 1 aliphatic rings. The molecular formula is C7H9N3O2. The van der Waals surface area contributed by atoms with E-state index in [1.54, 1.807) is 6.08 Å². The lowest BCUT2D eigenvalue weighted by Crippen LogP contribution is -2.41. The third-order valence-corrected chi connectivity index (χ3v) is 1.61. The van der Waals surface area contributed by atoms with Crippen LogP contribution in [-0.2, 0) is 9.59 Å². The standard InChI is InChI=1S/C7H9N3O2/c8-6(11)4-2-1-3-10-5(4)7(9)12/h1-5H,(H2,8,11)(H2,9,12). The van der Waals surface area contributed by atoms with Crippen LogP contribution in [0.2, 0.25) is 0 Å². The third-order valence-electron chi connectivity index (χ3n) is 1.61. The number of carbonyl (C=O) groups is 2. The quantitative estimate of drug-likeness (QED) is 0.527. The minimum Gasteiger partial charge on any atom is -0.369 e. The number of primary amides is 2. The van der Waals surface area contributed by atoms with Crippen LogP contribution in [0.1, 0.15) is 0 Å². The zero-order valence-electron chi connectivity index (χ0n) is 6.31. The minimum atomic E-state index is -0.840. The molecule has 5 nitrogen and oxygen atoms in total. The van der Waals surface area contributed by atoms with Crippen LogP contribution in [-0.4, -0.2) is 24.1 Å². The van der Waals surface area contributed by atoms with E-state index in [1.807, 2.05) is 0 Å². The summed E-state index contributed by atoms with van der Waals surface area (Å²) in [6.45, 7) is 0. The van der Waals surface area contributed by atoms with Gasteiger partial charge in [-0.15, -0.1) is 0 Å². The van der Waals surface area contributed by atoms with Gasteiger partial charge in [-0.2, -0.15) is 0 Å². The molecule has 0 radical (unpaired) electrons. The van der Waals surface area contributed by atoms with E-state index in [-0.39, 0.29) is 0 Å². The summed E-state index contributed by atoms with van der Waals surface area (Å²) in [6.07, 6.45) is 4.51. The maximum absolute atomic E-state index is 10.8. The zero-order chi connectivity index (χ0) is 9.14. The Bertz CT molecular complexity index is 242. The topological polar surface area (TPSA) is 98.5 Å². The number of nitrogens with two attached hydrogens (primary N) is 2. The Morgan fingerprint density at radius 2 is 1.92 bits per heavy atom. The molecule has 0 saturated heterocycles. The van der Waals surface area contributed by atoms with Gasteiger partial charge in [0.05, 0.1) is 5.92 Å². The number of hydrogen-bond donors (Lipinski definition) is 2. The van der Waals surface area contributed by atoms with Gasteiger partial charge in [0.15, 0.2) is 0 Å². The fourth-order valence-corrected chi connectivity index (χ4v) is 1.01. The van der Waals surface area contributed by atoms with Crippen LogP contribution in [0.15, 0.2) is 17.1 Å². The molecule has 1 rings (SSSR count). The summed E-state index contributed by atoms with van der Waals surface area (Å²) in [7, 11) is 0. The van der Waals surface area contributed by atoms with E-state index >= 15 is 0 Å². The van der Waals surface area contributed by atoms with Gasteiger partial charge in [-0.1, -0.05) is 6.08 Å². The number of amides is 2. The van der Waals surface area contributed by atoms with Crippen LogP contribution >= 0.6 is 0 Å². The zero-order valence-corrected chi connectivity index (χ0v) is 6.31. The molecule has 0 aromatic carbocycles. The van der Waals surface area contributed by atoms with Gasteiger partial charge in [0, 0.05) is 6.21 Å². The number of aliphatic imine (C=N–C) groups is 1. The van der Waals surface area contributed by atoms with E-state index in [1.165, 1.54) is 12.3 Å². The number of carbonyl (C=O) groups excluding carboxylic acids is 2. The molecule has 0 aliphatic carbocycles. The molecule has 2 atom stereocenters. The fraction of sp³-hybridized carbons (Fsp3) is 0.286. The molecule has 0 saturated carbocycles. The molecule has 64 valence electrons. The number of rotatable bonds is 2. The molecule has 1 aliphatic heterocycles. The summed E-state index contributed by atoms with van der Waals surface area (Å²) in [5.41, 5.74) is 10.0. The molecule has 0 fully saturated rings. The van der Waals surface area contributed by atoms with Gasteiger partial charge in [-0.05, 0) is 6.08 Å². The maximum Gasteiger partial charge on any atom is 0.243 e. The van der Waals surface area contributed by atoms with Crippen LogP contribution < -0.4 is 11.5 Å². The van der Waals surface area contributed by atoms with Crippen LogP contribution in [0.5, 0.6) is 0 Å². The van der Waals surface area contributed by atoms with Crippen molar-refractivity contribution >= 4 is 18.0 Å². The summed E-state index contributed by atoms with van der Waals surface area (Å²) in [5, 5.41) is 0. The highest BCUT2D eigenvalue weighted by Gasteiger charge is 2.29. The Balaban J connectivity index is 2.85. The maximum atomic E-state index is 10.8. The van der Waals surface area contributed by atoms with E-state index in [0.717, 1.165) is 0 Å².